The van der Waals surface area contributed by atoms with Crippen LogP contribution in [-0.4, -0.2) is 15.8 Å². The van der Waals surface area contributed by atoms with Gasteiger partial charge >= 0.3 is 0 Å². The summed E-state index contributed by atoms with van der Waals surface area (Å²) in [4.78, 5) is 25.3. The molecule has 2 rings (SSSR count). The van der Waals surface area contributed by atoms with Crippen molar-refractivity contribution in [2.45, 2.75) is 6.42 Å². The van der Waals surface area contributed by atoms with Crippen LogP contribution < -0.4 is 5.73 Å². The van der Waals surface area contributed by atoms with E-state index in [-0.39, 0.29) is 12.1 Å². The molecule has 0 spiro atoms. The second-order valence-corrected chi connectivity index (χ2v) is 3.90. The minimum absolute atomic E-state index is 0.00940. The second kappa shape index (κ2) is 5.26. The van der Waals surface area contributed by atoms with E-state index in [1.165, 1.54) is 6.07 Å². The Morgan fingerprint density at radius 2 is 2.21 bits per heavy atom. The molecule has 19 heavy (non-hydrogen) atoms. The van der Waals surface area contributed by atoms with Gasteiger partial charge in [-0.1, -0.05) is 12.2 Å². The molecule has 6 nitrogen and oxygen atoms in total. The number of rotatable bonds is 4. The lowest BCUT2D eigenvalue weighted by Crippen LogP contribution is -2.07. The third kappa shape index (κ3) is 2.74. The molecule has 1 aromatic carbocycles. The predicted molar refractivity (Wildman–Crippen MR) is 71.2 cm³/mol. The van der Waals surface area contributed by atoms with Crippen LogP contribution in [0.5, 0.6) is 0 Å². The molecule has 0 aliphatic heterocycles. The lowest BCUT2D eigenvalue weighted by atomic mass is 10.1. The fourth-order valence-corrected chi connectivity index (χ4v) is 1.78. The van der Waals surface area contributed by atoms with Gasteiger partial charge < -0.3 is 5.73 Å². The quantitative estimate of drug-likeness (QED) is 0.669. The fourth-order valence-electron chi connectivity index (χ4n) is 1.78. The van der Waals surface area contributed by atoms with E-state index in [9.17, 15) is 14.9 Å². The third-order valence-electron chi connectivity index (χ3n) is 2.59. The highest BCUT2D eigenvalue weighted by atomic mass is 16.6. The number of primary amides is 1. The highest BCUT2D eigenvalue weighted by molar-refractivity contribution is 5.94. The van der Waals surface area contributed by atoms with Gasteiger partial charge in [0.15, 0.2) is 0 Å². The maximum atomic E-state index is 10.9. The number of nitro groups is 1. The van der Waals surface area contributed by atoms with Gasteiger partial charge in [-0.2, -0.15) is 0 Å². The molecule has 0 radical (unpaired) electrons. The van der Waals surface area contributed by atoms with Crippen LogP contribution >= 0.6 is 0 Å². The number of carbonyl (C=O) groups excluding carboxylic acids is 1. The zero-order valence-electron chi connectivity index (χ0n) is 9.95. The third-order valence-corrected chi connectivity index (χ3v) is 2.59. The summed E-state index contributed by atoms with van der Waals surface area (Å²) in [5, 5.41) is 11.4. The van der Waals surface area contributed by atoms with Crippen molar-refractivity contribution in [3.05, 3.63) is 52.2 Å². The summed E-state index contributed by atoms with van der Waals surface area (Å²) in [5.41, 5.74) is 6.28. The number of non-ortho nitro benzene ring substituents is 1. The number of carbonyl (C=O) groups is 1. The van der Waals surface area contributed by atoms with Gasteiger partial charge in [0.05, 0.1) is 15.8 Å². The smallest absolute Gasteiger partial charge is 0.278 e. The molecule has 0 unspecified atom stereocenters. The average Bonchev–Trinajstić information content (AvgIpc) is 2.38. The monoisotopic (exact) mass is 257 g/mol. The minimum atomic E-state index is -0.444. The van der Waals surface area contributed by atoms with Crippen LogP contribution in [-0.2, 0) is 4.79 Å². The number of fused-ring (bicyclic) bond motifs is 1. The Bertz CT molecular complexity index is 680. The zero-order chi connectivity index (χ0) is 13.8. The highest BCUT2D eigenvalue weighted by Crippen LogP contribution is 2.27. The molecule has 2 aromatic rings. The Balaban J connectivity index is 2.52. The Morgan fingerprint density at radius 3 is 2.89 bits per heavy atom. The van der Waals surface area contributed by atoms with Gasteiger partial charge in [-0.3, -0.25) is 19.9 Å². The number of nitrogens with zero attached hydrogens (tertiary/aromatic N) is 2. The van der Waals surface area contributed by atoms with Gasteiger partial charge in [0.1, 0.15) is 0 Å². The van der Waals surface area contributed by atoms with E-state index < -0.39 is 10.8 Å². The maximum absolute atomic E-state index is 10.9. The van der Waals surface area contributed by atoms with Crippen LogP contribution in [0.2, 0.25) is 0 Å². The van der Waals surface area contributed by atoms with Crippen LogP contribution in [0.4, 0.5) is 5.69 Å². The first-order chi connectivity index (χ1) is 9.09. The number of pyridine rings is 1. The summed E-state index contributed by atoms with van der Waals surface area (Å²) in [7, 11) is 0. The highest BCUT2D eigenvalue weighted by Gasteiger charge is 2.13. The zero-order valence-corrected chi connectivity index (χ0v) is 9.95. The molecule has 6 heteroatoms. The standard InChI is InChI=1S/C13H11N3O3/c14-12(17)5-1-3-9-6-7-11(16(18)19)10-4-2-8-15-13(9)10/h1-4,6-8H,5H2,(H2,14,17). The topological polar surface area (TPSA) is 99.1 Å². The maximum Gasteiger partial charge on any atom is 0.278 e. The molecule has 1 amide bonds. The summed E-state index contributed by atoms with van der Waals surface area (Å²) in [6.45, 7) is 0. The number of nitro benzene ring substituents is 1. The van der Waals surface area contributed by atoms with Crippen molar-refractivity contribution in [3.63, 3.8) is 0 Å². The molecule has 0 atom stereocenters. The van der Waals surface area contributed by atoms with Crippen molar-refractivity contribution < 1.29 is 9.72 Å². The number of nitrogens with two attached hydrogens (primary N) is 1. The molecular formula is C13H11N3O3. The van der Waals surface area contributed by atoms with Crippen molar-refractivity contribution in [2.75, 3.05) is 0 Å². The van der Waals surface area contributed by atoms with Crippen molar-refractivity contribution in [1.29, 1.82) is 0 Å². The van der Waals surface area contributed by atoms with Crippen molar-refractivity contribution >= 4 is 28.6 Å². The summed E-state index contributed by atoms with van der Waals surface area (Å²) >= 11 is 0. The molecule has 96 valence electrons. The predicted octanol–water partition coefficient (Wildman–Crippen LogP) is 2.03. The molecule has 2 N–H and O–H groups in total. The van der Waals surface area contributed by atoms with Crippen LogP contribution in [0.25, 0.3) is 17.0 Å². The van der Waals surface area contributed by atoms with Crippen molar-refractivity contribution in [1.82, 2.24) is 4.98 Å². The van der Waals surface area contributed by atoms with E-state index in [0.29, 0.717) is 16.5 Å². The van der Waals surface area contributed by atoms with Crippen LogP contribution in [0, 0.1) is 10.1 Å². The number of aromatic nitrogens is 1. The first kappa shape index (κ1) is 12.7. The molecule has 0 saturated carbocycles. The normalized spacial score (nSPS) is 10.9. The Kier molecular flexibility index (Phi) is 3.51. The molecule has 0 bridgehead atoms. The second-order valence-electron chi connectivity index (χ2n) is 3.90. The molecule has 0 saturated heterocycles. The number of hydrogen-bond donors (Lipinski definition) is 1. The van der Waals surface area contributed by atoms with Crippen molar-refractivity contribution in [3.8, 4) is 0 Å². The van der Waals surface area contributed by atoms with E-state index in [1.54, 1.807) is 36.5 Å². The van der Waals surface area contributed by atoms with E-state index >= 15 is 0 Å². The molecule has 1 aromatic heterocycles. The number of benzene rings is 1. The first-order valence-corrected chi connectivity index (χ1v) is 5.56. The van der Waals surface area contributed by atoms with Crippen LogP contribution in [0.15, 0.2) is 36.5 Å². The largest absolute Gasteiger partial charge is 0.369 e. The van der Waals surface area contributed by atoms with Crippen molar-refractivity contribution in [2.24, 2.45) is 5.73 Å². The van der Waals surface area contributed by atoms with E-state index in [1.807, 2.05) is 0 Å². The Hall–Kier alpha value is -2.76. The molecule has 0 aliphatic carbocycles. The SMILES string of the molecule is NC(=O)CC=Cc1ccc([N+](=O)[O-])c2cccnc12. The summed E-state index contributed by atoms with van der Waals surface area (Å²) in [6, 6.07) is 6.32. The van der Waals surface area contributed by atoms with Gasteiger partial charge in [0, 0.05) is 24.2 Å². The first-order valence-electron chi connectivity index (χ1n) is 5.56. The Labute approximate surface area is 108 Å². The average molecular weight is 257 g/mol. The Morgan fingerprint density at radius 1 is 1.42 bits per heavy atom. The van der Waals surface area contributed by atoms with E-state index in [2.05, 4.69) is 4.98 Å². The molecule has 0 aliphatic rings. The fraction of sp³-hybridized carbons (Fsp3) is 0.0769. The lowest BCUT2D eigenvalue weighted by molar-refractivity contribution is -0.383. The number of amides is 1. The van der Waals surface area contributed by atoms with E-state index in [0.717, 1.165) is 0 Å². The van der Waals surface area contributed by atoms with Gasteiger partial charge in [0.2, 0.25) is 5.91 Å². The van der Waals surface area contributed by atoms with Gasteiger partial charge in [-0.15, -0.1) is 0 Å². The van der Waals surface area contributed by atoms with Gasteiger partial charge in [-0.25, -0.2) is 0 Å². The minimum Gasteiger partial charge on any atom is -0.369 e. The summed E-state index contributed by atoms with van der Waals surface area (Å²) in [6.07, 6.45) is 4.98. The lowest BCUT2D eigenvalue weighted by Gasteiger charge is -2.02. The number of hydrogen-bond acceptors (Lipinski definition) is 4. The molecule has 1 heterocycles. The van der Waals surface area contributed by atoms with E-state index in [4.69, 9.17) is 5.73 Å². The van der Waals surface area contributed by atoms with Gasteiger partial charge in [0.25, 0.3) is 5.69 Å². The summed E-state index contributed by atoms with van der Waals surface area (Å²) < 4.78 is 0. The summed E-state index contributed by atoms with van der Waals surface area (Å²) in [5.74, 6) is -0.435. The molecular weight excluding hydrogens is 246 g/mol. The van der Waals surface area contributed by atoms with Crippen LogP contribution in [0.1, 0.15) is 12.0 Å². The van der Waals surface area contributed by atoms with Crippen LogP contribution in [0.3, 0.4) is 0 Å². The van der Waals surface area contributed by atoms with Gasteiger partial charge in [-0.05, 0) is 18.2 Å². The molecule has 0 fully saturated rings.